The molecule has 0 bridgehead atoms. The van der Waals surface area contributed by atoms with Crippen molar-refractivity contribution >= 4 is 64.7 Å². The lowest BCUT2D eigenvalue weighted by Crippen LogP contribution is -1.78. The van der Waals surface area contributed by atoms with Gasteiger partial charge in [-0.15, -0.1) is 34.0 Å². The Bertz CT molecular complexity index is 1410. The normalized spacial score (nSPS) is 11.7. The highest BCUT2D eigenvalue weighted by Gasteiger charge is 2.11. The fourth-order valence-electron chi connectivity index (χ4n) is 3.21. The number of thiazole rings is 1. The molecule has 6 aromatic rings. The minimum atomic E-state index is 1.00. The first kappa shape index (κ1) is 15.4. The molecular weight excluding hydrogens is 390 g/mol. The van der Waals surface area contributed by atoms with Crippen LogP contribution in [0.15, 0.2) is 66.3 Å². The highest BCUT2D eigenvalue weighted by atomic mass is 32.1. The Morgan fingerprint density at radius 3 is 2.67 bits per heavy atom. The highest BCUT2D eigenvalue weighted by molar-refractivity contribution is 7.22. The van der Waals surface area contributed by atoms with E-state index in [9.17, 15) is 0 Å². The van der Waals surface area contributed by atoms with Crippen molar-refractivity contribution in [1.29, 1.82) is 0 Å². The zero-order chi connectivity index (χ0) is 17.8. The molecule has 0 saturated carbocycles. The van der Waals surface area contributed by atoms with Gasteiger partial charge in [-0.25, -0.2) is 15.0 Å². The van der Waals surface area contributed by atoms with Crippen molar-refractivity contribution < 1.29 is 0 Å². The van der Waals surface area contributed by atoms with Gasteiger partial charge in [0.1, 0.15) is 4.83 Å². The number of fused-ring (bicyclic) bond motifs is 3. The summed E-state index contributed by atoms with van der Waals surface area (Å²) in [5.41, 5.74) is 6.19. The monoisotopic (exact) mass is 401 g/mol. The molecule has 128 valence electrons. The Kier molecular flexibility index (Phi) is 3.38. The maximum atomic E-state index is 4.92. The minimum Gasteiger partial charge on any atom is -0.246 e. The van der Waals surface area contributed by atoms with E-state index < -0.39 is 0 Å². The summed E-state index contributed by atoms with van der Waals surface area (Å²) in [5.74, 6) is 0. The van der Waals surface area contributed by atoms with E-state index in [0.29, 0.717) is 0 Å². The summed E-state index contributed by atoms with van der Waals surface area (Å²) in [7, 11) is 0. The summed E-state index contributed by atoms with van der Waals surface area (Å²) in [6, 6.07) is 19.2. The van der Waals surface area contributed by atoms with Gasteiger partial charge in [0.25, 0.3) is 0 Å². The predicted octanol–water partition coefficient (Wildman–Crippen LogP) is 6.85. The van der Waals surface area contributed by atoms with Gasteiger partial charge in [0, 0.05) is 16.5 Å². The van der Waals surface area contributed by atoms with Crippen molar-refractivity contribution in [1.82, 2.24) is 15.0 Å². The number of nitrogens with zero attached hydrogens (tertiary/aromatic N) is 3. The van der Waals surface area contributed by atoms with E-state index in [4.69, 9.17) is 4.98 Å². The molecule has 3 nitrogen and oxygen atoms in total. The van der Waals surface area contributed by atoms with E-state index >= 15 is 0 Å². The Morgan fingerprint density at radius 2 is 1.70 bits per heavy atom. The molecule has 0 aliphatic rings. The van der Waals surface area contributed by atoms with E-state index in [1.54, 1.807) is 34.0 Å². The predicted molar refractivity (Wildman–Crippen MR) is 117 cm³/mol. The van der Waals surface area contributed by atoms with Gasteiger partial charge in [0.05, 0.1) is 36.5 Å². The lowest BCUT2D eigenvalue weighted by Gasteiger charge is -1.96. The first-order chi connectivity index (χ1) is 13.3. The van der Waals surface area contributed by atoms with E-state index in [1.807, 2.05) is 17.8 Å². The molecule has 6 rings (SSSR count). The lowest BCUT2D eigenvalue weighted by atomic mass is 10.1. The average molecular weight is 402 g/mol. The first-order valence-electron chi connectivity index (χ1n) is 8.43. The van der Waals surface area contributed by atoms with Crippen LogP contribution in [0.4, 0.5) is 0 Å². The van der Waals surface area contributed by atoms with Crippen LogP contribution in [0.5, 0.6) is 0 Å². The fraction of sp³-hybridized carbons (Fsp3) is 0. The summed E-state index contributed by atoms with van der Waals surface area (Å²) in [5, 5.41) is 1.17. The number of rotatable bonds is 2. The van der Waals surface area contributed by atoms with Crippen LogP contribution >= 0.6 is 34.0 Å². The lowest BCUT2D eigenvalue weighted by molar-refractivity contribution is 1.43. The Labute approximate surface area is 166 Å². The summed E-state index contributed by atoms with van der Waals surface area (Å²) in [6.45, 7) is 0. The van der Waals surface area contributed by atoms with Gasteiger partial charge in [-0.05, 0) is 48.0 Å². The number of pyridine rings is 2. The highest BCUT2D eigenvalue weighted by Crippen LogP contribution is 2.37. The molecule has 0 aliphatic carbocycles. The van der Waals surface area contributed by atoms with Crippen LogP contribution in [0.2, 0.25) is 0 Å². The second kappa shape index (κ2) is 5.92. The van der Waals surface area contributed by atoms with Crippen molar-refractivity contribution in [3.63, 3.8) is 0 Å². The number of benzene rings is 1. The van der Waals surface area contributed by atoms with Crippen LogP contribution in [-0.4, -0.2) is 15.0 Å². The molecule has 1 aromatic carbocycles. The third kappa shape index (κ3) is 2.56. The summed E-state index contributed by atoms with van der Waals surface area (Å²) in [4.78, 5) is 17.2. The smallest absolute Gasteiger partial charge is 0.123 e. The summed E-state index contributed by atoms with van der Waals surface area (Å²) < 4.78 is 2.42. The molecule has 0 spiro atoms. The summed E-state index contributed by atoms with van der Waals surface area (Å²) in [6.07, 6.45) is 1.84. The van der Waals surface area contributed by atoms with E-state index in [-0.39, 0.29) is 0 Å². The number of hydrogen-bond acceptors (Lipinski definition) is 6. The van der Waals surface area contributed by atoms with E-state index in [1.165, 1.54) is 25.2 Å². The molecule has 27 heavy (non-hydrogen) atoms. The third-order valence-corrected chi connectivity index (χ3v) is 7.56. The number of aromatic nitrogens is 3. The van der Waals surface area contributed by atoms with Crippen LogP contribution in [-0.2, 0) is 0 Å². The molecule has 0 aliphatic heterocycles. The molecule has 0 N–H and O–H groups in total. The molecule has 0 radical (unpaired) electrons. The van der Waals surface area contributed by atoms with Crippen LogP contribution < -0.4 is 0 Å². The standard InChI is InChI=1S/C21H11N3S3/c1-2-13-9-20(27-21(13)22-7-1)14-4-6-18-16(24-14)10-19(26-18)12-3-5-17-15(8-12)23-11-25-17/h1-11H. The van der Waals surface area contributed by atoms with Crippen molar-refractivity contribution in [2.24, 2.45) is 0 Å². The number of thiophene rings is 2. The second-order valence-electron chi connectivity index (χ2n) is 6.23. The maximum absolute atomic E-state index is 4.92. The Hall–Kier alpha value is -2.67. The Morgan fingerprint density at radius 1 is 0.741 bits per heavy atom. The van der Waals surface area contributed by atoms with Crippen LogP contribution in [0.1, 0.15) is 0 Å². The minimum absolute atomic E-state index is 1.00. The van der Waals surface area contributed by atoms with Crippen LogP contribution in [0, 0.1) is 0 Å². The molecule has 0 saturated heterocycles. The van der Waals surface area contributed by atoms with Gasteiger partial charge < -0.3 is 0 Å². The van der Waals surface area contributed by atoms with Gasteiger partial charge in [-0.3, -0.25) is 0 Å². The molecule has 0 atom stereocenters. The van der Waals surface area contributed by atoms with Gasteiger partial charge in [-0.1, -0.05) is 12.1 Å². The molecule has 0 fully saturated rings. The Balaban J connectivity index is 1.46. The van der Waals surface area contributed by atoms with Crippen LogP contribution in [0.3, 0.4) is 0 Å². The molecule has 5 heterocycles. The first-order valence-corrected chi connectivity index (χ1v) is 10.9. The second-order valence-corrected chi connectivity index (χ2v) is 9.23. The average Bonchev–Trinajstić information content (AvgIpc) is 3.42. The van der Waals surface area contributed by atoms with Gasteiger partial charge in [0.2, 0.25) is 0 Å². The topological polar surface area (TPSA) is 38.7 Å². The quantitative estimate of drug-likeness (QED) is 0.318. The van der Waals surface area contributed by atoms with Gasteiger partial charge in [0.15, 0.2) is 0 Å². The molecule has 0 amide bonds. The van der Waals surface area contributed by atoms with Crippen molar-refractivity contribution in [3.05, 3.63) is 66.3 Å². The van der Waals surface area contributed by atoms with Crippen molar-refractivity contribution in [2.45, 2.75) is 0 Å². The molecule has 6 heteroatoms. The maximum Gasteiger partial charge on any atom is 0.123 e. The molecule has 0 unspecified atom stereocenters. The van der Waals surface area contributed by atoms with Gasteiger partial charge >= 0.3 is 0 Å². The van der Waals surface area contributed by atoms with E-state index in [2.05, 4.69) is 58.5 Å². The third-order valence-electron chi connectivity index (χ3n) is 4.53. The summed E-state index contributed by atoms with van der Waals surface area (Å²) >= 11 is 5.14. The zero-order valence-electron chi connectivity index (χ0n) is 13.9. The zero-order valence-corrected chi connectivity index (χ0v) is 16.4. The number of hydrogen-bond donors (Lipinski definition) is 0. The van der Waals surface area contributed by atoms with Crippen molar-refractivity contribution in [2.75, 3.05) is 0 Å². The molecular formula is C21H11N3S3. The van der Waals surface area contributed by atoms with E-state index in [0.717, 1.165) is 26.4 Å². The SMILES string of the molecule is c1cnc2sc(-c3ccc4sc(-c5ccc6scnc6c5)cc4n3)cc2c1. The van der Waals surface area contributed by atoms with Gasteiger partial charge in [-0.2, -0.15) is 0 Å². The fourth-order valence-corrected chi connectivity index (χ4v) is 5.84. The molecule has 5 aromatic heterocycles. The van der Waals surface area contributed by atoms with Crippen molar-refractivity contribution in [3.8, 4) is 21.0 Å². The largest absolute Gasteiger partial charge is 0.246 e. The van der Waals surface area contributed by atoms with Crippen LogP contribution in [0.25, 0.3) is 51.7 Å².